The van der Waals surface area contributed by atoms with Gasteiger partial charge in [-0.2, -0.15) is 10.2 Å². The van der Waals surface area contributed by atoms with Crippen molar-refractivity contribution in [2.45, 2.75) is 25.7 Å². The molecule has 0 saturated heterocycles. The lowest BCUT2D eigenvalue weighted by Crippen LogP contribution is -2.18. The molecule has 0 N–H and O–H groups in total. The number of nitrogens with zero attached hydrogens (tertiary/aromatic N) is 5. The van der Waals surface area contributed by atoms with Gasteiger partial charge in [0.05, 0.1) is 64.2 Å². The van der Waals surface area contributed by atoms with Crippen molar-refractivity contribution in [3.8, 4) is 35.0 Å². The third-order valence-electron chi connectivity index (χ3n) is 6.92. The number of rotatable bonds is 26. The predicted octanol–water partition coefficient (Wildman–Crippen LogP) is 7.62. The Morgan fingerprint density at radius 3 is 2.14 bits per heavy atom. The molecule has 0 bridgehead atoms. The third-order valence-corrected chi connectivity index (χ3v) is 6.92. The Labute approximate surface area is 293 Å². The summed E-state index contributed by atoms with van der Waals surface area (Å²) in [6.07, 6.45) is 9.10. The van der Waals surface area contributed by atoms with Crippen LogP contribution in [0.1, 0.15) is 31.2 Å². The van der Waals surface area contributed by atoms with Gasteiger partial charge in [-0.05, 0) is 60.8 Å². The highest BCUT2D eigenvalue weighted by atomic mass is 16.6. The van der Waals surface area contributed by atoms with Crippen molar-refractivity contribution in [1.29, 1.82) is 0 Å². The fourth-order valence-electron chi connectivity index (χ4n) is 4.45. The van der Waals surface area contributed by atoms with Gasteiger partial charge in [0, 0.05) is 35.3 Å². The van der Waals surface area contributed by atoms with Crippen LogP contribution in [-0.2, 0) is 28.5 Å². The maximum Gasteiger partial charge on any atom is 0.344 e. The highest BCUT2D eigenvalue weighted by molar-refractivity contribution is 5.79. The number of esters is 1. The molecule has 0 fully saturated rings. The van der Waals surface area contributed by atoms with Gasteiger partial charge in [-0.15, -0.1) is 6.42 Å². The zero-order valence-corrected chi connectivity index (χ0v) is 28.5. The molecule has 0 aliphatic carbocycles. The monoisotopic (exact) mass is 687 g/mol. The second-order valence-electron chi connectivity index (χ2n) is 10.6. The van der Waals surface area contributed by atoms with E-state index < -0.39 is 5.97 Å². The zero-order chi connectivity index (χ0) is 35.5. The van der Waals surface area contributed by atoms with E-state index in [1.165, 1.54) is 0 Å². The number of carbonyl (C=O) groups is 1. The van der Waals surface area contributed by atoms with Crippen molar-refractivity contribution in [3.05, 3.63) is 82.7 Å². The normalized spacial score (nSPS) is 10.8. The first-order chi connectivity index (χ1) is 24.6. The Morgan fingerprint density at radius 1 is 0.720 bits per heavy atom. The van der Waals surface area contributed by atoms with Gasteiger partial charge in [-0.1, -0.05) is 48.1 Å². The Kier molecular flexibility index (Phi) is 19.8. The van der Waals surface area contributed by atoms with Crippen LogP contribution in [0.25, 0.3) is 21.6 Å². The molecular formula is C37H45N5O8. The summed E-state index contributed by atoms with van der Waals surface area (Å²) in [5.74, 6) is 3.17. The smallest absolute Gasteiger partial charge is 0.344 e. The van der Waals surface area contributed by atoms with E-state index >= 15 is 0 Å². The largest absolute Gasteiger partial charge is 0.493 e. The van der Waals surface area contributed by atoms with E-state index in [4.69, 9.17) is 45.1 Å². The summed E-state index contributed by atoms with van der Waals surface area (Å²) in [4.78, 5) is 15.3. The molecule has 3 aromatic carbocycles. The maximum absolute atomic E-state index is 12.5. The second kappa shape index (κ2) is 25.1. The van der Waals surface area contributed by atoms with E-state index in [1.54, 1.807) is 25.3 Å². The number of hydrogen-bond acceptors (Lipinski definition) is 11. The topological polar surface area (TPSA) is 155 Å². The van der Waals surface area contributed by atoms with Crippen LogP contribution in [0, 0.1) is 12.3 Å². The van der Waals surface area contributed by atoms with Gasteiger partial charge in [0.25, 0.3) is 0 Å². The minimum Gasteiger partial charge on any atom is -0.493 e. The molecule has 0 aliphatic heterocycles. The lowest BCUT2D eigenvalue weighted by atomic mass is 10.0. The molecule has 0 aliphatic rings. The van der Waals surface area contributed by atoms with Crippen molar-refractivity contribution < 1.29 is 38.0 Å². The SMILES string of the molecule is C#Cc1cccc(N=Nc2ccc(OCC(=O)OCCOCCOCCOCCOC)c(-c3ccccc3OCCCCCCN=[N+]=[N-])c2)c1. The molecule has 13 heteroatoms. The summed E-state index contributed by atoms with van der Waals surface area (Å²) in [7, 11) is 1.62. The predicted molar refractivity (Wildman–Crippen MR) is 189 cm³/mol. The molecule has 266 valence electrons. The molecule has 0 radical (unpaired) electrons. The number of azide groups is 1. The second-order valence-corrected chi connectivity index (χ2v) is 10.6. The van der Waals surface area contributed by atoms with Gasteiger partial charge < -0.3 is 33.2 Å². The molecule has 0 saturated carbocycles. The van der Waals surface area contributed by atoms with Crippen molar-refractivity contribution in [3.63, 3.8) is 0 Å². The molecule has 50 heavy (non-hydrogen) atoms. The number of methoxy groups -OCH3 is 1. The van der Waals surface area contributed by atoms with E-state index in [0.29, 0.717) is 86.8 Å². The van der Waals surface area contributed by atoms with Crippen LogP contribution in [0.2, 0.25) is 0 Å². The average molecular weight is 688 g/mol. The first kappa shape index (κ1) is 39.5. The van der Waals surface area contributed by atoms with Crippen LogP contribution in [0.4, 0.5) is 11.4 Å². The van der Waals surface area contributed by atoms with Crippen LogP contribution in [0.3, 0.4) is 0 Å². The number of azo groups is 1. The van der Waals surface area contributed by atoms with E-state index in [-0.39, 0.29) is 19.8 Å². The molecule has 0 atom stereocenters. The Hall–Kier alpha value is -4.96. The van der Waals surface area contributed by atoms with E-state index in [0.717, 1.165) is 31.2 Å². The molecular weight excluding hydrogens is 642 g/mol. The number of carbonyl (C=O) groups excluding carboxylic acids is 1. The summed E-state index contributed by atoms with van der Waals surface area (Å²) in [6, 6.07) is 20.1. The van der Waals surface area contributed by atoms with Crippen LogP contribution < -0.4 is 9.47 Å². The van der Waals surface area contributed by atoms with Gasteiger partial charge in [0.15, 0.2) is 6.61 Å². The third kappa shape index (κ3) is 16.0. The summed E-state index contributed by atoms with van der Waals surface area (Å²) in [5.41, 5.74) is 11.8. The number of terminal acetylenes is 1. The standard InChI is InChI=1S/C37H45N5O8/c1-3-30-11-10-12-31(27-30)40-41-32-15-16-36(50-29-37(43)49-26-25-47-24-23-46-22-21-45-20-19-44-2)34(28-32)33-13-6-7-14-35(33)48-18-9-5-4-8-17-39-42-38/h1,6-7,10-16,27-28H,4-5,8-9,17-26,29H2,2H3. The molecule has 0 amide bonds. The molecule has 0 spiro atoms. The Morgan fingerprint density at radius 2 is 1.40 bits per heavy atom. The van der Waals surface area contributed by atoms with Gasteiger partial charge in [-0.25, -0.2) is 4.79 Å². The number of hydrogen-bond donors (Lipinski definition) is 0. The minimum absolute atomic E-state index is 0.0809. The molecule has 3 aromatic rings. The lowest BCUT2D eigenvalue weighted by molar-refractivity contribution is -0.147. The summed E-state index contributed by atoms with van der Waals surface area (Å²) in [5, 5.41) is 12.3. The van der Waals surface area contributed by atoms with Crippen LogP contribution in [-0.4, -0.2) is 85.7 Å². The first-order valence-electron chi connectivity index (χ1n) is 16.5. The average Bonchev–Trinajstić information content (AvgIpc) is 3.15. The van der Waals surface area contributed by atoms with Crippen molar-refractivity contribution in [1.82, 2.24) is 0 Å². The summed E-state index contributed by atoms with van der Waals surface area (Å²) in [6.45, 7) is 3.80. The molecule has 3 rings (SSSR count). The Bertz CT molecular complexity index is 1550. The molecule has 0 heterocycles. The van der Waals surface area contributed by atoms with Crippen LogP contribution >= 0.6 is 0 Å². The zero-order valence-electron chi connectivity index (χ0n) is 28.5. The van der Waals surface area contributed by atoms with Gasteiger partial charge in [0.1, 0.15) is 18.1 Å². The van der Waals surface area contributed by atoms with E-state index in [1.807, 2.05) is 48.5 Å². The number of para-hydroxylation sites is 1. The quantitative estimate of drug-likeness (QED) is 0.0208. The van der Waals surface area contributed by atoms with E-state index in [9.17, 15) is 4.79 Å². The summed E-state index contributed by atoms with van der Waals surface area (Å²) < 4.78 is 38.6. The Balaban J connectivity index is 1.59. The van der Waals surface area contributed by atoms with Crippen molar-refractivity contribution in [2.24, 2.45) is 15.3 Å². The first-order valence-corrected chi connectivity index (χ1v) is 16.5. The number of unbranched alkanes of at least 4 members (excludes halogenated alkanes) is 3. The maximum atomic E-state index is 12.5. The highest BCUT2D eigenvalue weighted by Gasteiger charge is 2.15. The number of benzene rings is 3. The number of ether oxygens (including phenoxy) is 7. The van der Waals surface area contributed by atoms with Crippen LogP contribution in [0.5, 0.6) is 11.5 Å². The van der Waals surface area contributed by atoms with Gasteiger partial charge in [0.2, 0.25) is 0 Å². The molecule has 0 aromatic heterocycles. The summed E-state index contributed by atoms with van der Waals surface area (Å²) >= 11 is 0. The van der Waals surface area contributed by atoms with E-state index in [2.05, 4.69) is 26.2 Å². The van der Waals surface area contributed by atoms with Crippen LogP contribution in [0.15, 0.2) is 82.1 Å². The minimum atomic E-state index is -0.536. The molecule has 0 unspecified atom stereocenters. The van der Waals surface area contributed by atoms with Crippen molar-refractivity contribution in [2.75, 3.05) is 79.7 Å². The molecule has 13 nitrogen and oxygen atoms in total. The van der Waals surface area contributed by atoms with Gasteiger partial charge in [-0.3, -0.25) is 0 Å². The highest BCUT2D eigenvalue weighted by Crippen LogP contribution is 2.39. The van der Waals surface area contributed by atoms with Gasteiger partial charge >= 0.3 is 5.97 Å². The fraction of sp³-hybridized carbons (Fsp3) is 0.432. The van der Waals surface area contributed by atoms with Crippen molar-refractivity contribution >= 4 is 17.3 Å². The fourth-order valence-corrected chi connectivity index (χ4v) is 4.45. The lowest BCUT2D eigenvalue weighted by Gasteiger charge is -2.16.